The third kappa shape index (κ3) is 2.87. The minimum Gasteiger partial charge on any atom is -0.323 e. The van der Waals surface area contributed by atoms with Crippen molar-refractivity contribution in [2.45, 2.75) is 57.3 Å². The Morgan fingerprint density at radius 3 is 2.48 bits per heavy atom. The summed E-state index contributed by atoms with van der Waals surface area (Å²) < 4.78 is 0. The molecule has 0 radical (unpaired) electrons. The zero-order valence-electron chi connectivity index (χ0n) is 13.6. The highest BCUT2D eigenvalue weighted by Crippen LogP contribution is 2.32. The number of likely N-dealkylation sites (N-methyl/N-ethyl adjacent to an activating group) is 1. The number of piperazine rings is 1. The maximum absolute atomic E-state index is 6.69. The Balaban J connectivity index is 1.82. The second kappa shape index (κ2) is 6.07. The quantitative estimate of drug-likeness (QED) is 0.805. The molecule has 3 rings (SSSR count). The largest absolute Gasteiger partial charge is 0.323 e. The third-order valence-corrected chi connectivity index (χ3v) is 5.63. The van der Waals surface area contributed by atoms with E-state index in [0.717, 1.165) is 13.1 Å². The van der Waals surface area contributed by atoms with Gasteiger partial charge in [0.25, 0.3) is 0 Å². The average molecular weight is 287 g/mol. The molecule has 1 aromatic carbocycles. The van der Waals surface area contributed by atoms with E-state index in [1.54, 1.807) is 0 Å². The van der Waals surface area contributed by atoms with Gasteiger partial charge in [-0.05, 0) is 51.3 Å². The van der Waals surface area contributed by atoms with Gasteiger partial charge in [-0.2, -0.15) is 0 Å². The van der Waals surface area contributed by atoms with Crippen molar-refractivity contribution >= 4 is 0 Å². The fourth-order valence-corrected chi connectivity index (χ4v) is 4.10. The number of fused-ring (bicyclic) bond motifs is 1. The van der Waals surface area contributed by atoms with Gasteiger partial charge in [-0.15, -0.1) is 0 Å². The molecule has 1 aliphatic carbocycles. The first-order valence-corrected chi connectivity index (χ1v) is 8.37. The van der Waals surface area contributed by atoms with Gasteiger partial charge in [-0.3, -0.25) is 9.80 Å². The van der Waals surface area contributed by atoms with E-state index >= 15 is 0 Å². The molecule has 4 unspecified atom stereocenters. The molecule has 1 fully saturated rings. The van der Waals surface area contributed by atoms with Crippen molar-refractivity contribution in [3.8, 4) is 0 Å². The summed E-state index contributed by atoms with van der Waals surface area (Å²) in [6.07, 6.45) is 3.66. The highest BCUT2D eigenvalue weighted by molar-refractivity contribution is 5.32. The molecule has 1 aromatic rings. The van der Waals surface area contributed by atoms with Gasteiger partial charge in [-0.1, -0.05) is 24.3 Å². The lowest BCUT2D eigenvalue weighted by molar-refractivity contribution is 0.0240. The van der Waals surface area contributed by atoms with Crippen LogP contribution in [0.3, 0.4) is 0 Å². The van der Waals surface area contributed by atoms with Crippen LogP contribution in [0.15, 0.2) is 24.3 Å². The van der Waals surface area contributed by atoms with Crippen LogP contribution in [0.1, 0.15) is 43.9 Å². The number of hydrogen-bond donors (Lipinski definition) is 1. The van der Waals surface area contributed by atoms with Crippen LogP contribution in [0.25, 0.3) is 0 Å². The van der Waals surface area contributed by atoms with E-state index in [0.29, 0.717) is 18.1 Å². The number of aryl methyl sites for hydroxylation is 1. The molecule has 3 heteroatoms. The molecule has 1 saturated heterocycles. The summed E-state index contributed by atoms with van der Waals surface area (Å²) >= 11 is 0. The van der Waals surface area contributed by atoms with Gasteiger partial charge in [0, 0.05) is 37.3 Å². The molecule has 2 aliphatic rings. The molecule has 0 saturated carbocycles. The average Bonchev–Trinajstić information content (AvgIpc) is 2.64. The summed E-state index contributed by atoms with van der Waals surface area (Å²) in [5, 5.41) is 0. The predicted molar refractivity (Wildman–Crippen MR) is 88.4 cm³/mol. The zero-order valence-corrected chi connectivity index (χ0v) is 13.6. The SMILES string of the molecule is CC1CN(C2CCCc3ccccc3C2N)CC(C)N1C. The van der Waals surface area contributed by atoms with E-state index < -0.39 is 0 Å². The molecule has 2 N–H and O–H groups in total. The molecule has 116 valence electrons. The Kier molecular flexibility index (Phi) is 4.34. The van der Waals surface area contributed by atoms with E-state index in [1.807, 2.05) is 0 Å². The van der Waals surface area contributed by atoms with Crippen molar-refractivity contribution in [3.05, 3.63) is 35.4 Å². The maximum atomic E-state index is 6.69. The van der Waals surface area contributed by atoms with Crippen LogP contribution in [-0.4, -0.2) is 48.1 Å². The molecule has 21 heavy (non-hydrogen) atoms. The van der Waals surface area contributed by atoms with Crippen LogP contribution in [-0.2, 0) is 6.42 Å². The molecular formula is C18H29N3. The molecule has 4 atom stereocenters. The van der Waals surface area contributed by atoms with E-state index in [1.165, 1.54) is 30.4 Å². The summed E-state index contributed by atoms with van der Waals surface area (Å²) in [5.41, 5.74) is 9.53. The lowest BCUT2D eigenvalue weighted by Gasteiger charge is -2.46. The molecule has 1 heterocycles. The normalized spacial score (nSPS) is 35.2. The van der Waals surface area contributed by atoms with Crippen LogP contribution in [0.5, 0.6) is 0 Å². The molecule has 0 bridgehead atoms. The Morgan fingerprint density at radius 1 is 1.10 bits per heavy atom. The summed E-state index contributed by atoms with van der Waals surface area (Å²) in [6.45, 7) is 6.94. The predicted octanol–water partition coefficient (Wildman–Crippen LogP) is 2.42. The minimum atomic E-state index is 0.159. The van der Waals surface area contributed by atoms with Crippen molar-refractivity contribution in [1.29, 1.82) is 0 Å². The lowest BCUT2D eigenvalue weighted by atomic mass is 9.94. The fraction of sp³-hybridized carbons (Fsp3) is 0.667. The third-order valence-electron chi connectivity index (χ3n) is 5.63. The minimum absolute atomic E-state index is 0.159. The first-order valence-electron chi connectivity index (χ1n) is 8.37. The van der Waals surface area contributed by atoms with Gasteiger partial charge < -0.3 is 5.73 Å². The Bertz CT molecular complexity index is 475. The smallest absolute Gasteiger partial charge is 0.0455 e. The maximum Gasteiger partial charge on any atom is 0.0455 e. The van der Waals surface area contributed by atoms with Gasteiger partial charge in [0.1, 0.15) is 0 Å². The number of rotatable bonds is 1. The van der Waals surface area contributed by atoms with Gasteiger partial charge in [0.05, 0.1) is 0 Å². The van der Waals surface area contributed by atoms with E-state index in [-0.39, 0.29) is 6.04 Å². The van der Waals surface area contributed by atoms with Crippen LogP contribution < -0.4 is 5.73 Å². The lowest BCUT2D eigenvalue weighted by Crippen LogP contribution is -2.59. The summed E-state index contributed by atoms with van der Waals surface area (Å²) in [7, 11) is 2.25. The van der Waals surface area contributed by atoms with Crippen molar-refractivity contribution in [1.82, 2.24) is 9.80 Å². The van der Waals surface area contributed by atoms with Crippen molar-refractivity contribution in [2.24, 2.45) is 5.73 Å². The van der Waals surface area contributed by atoms with Crippen molar-refractivity contribution in [3.63, 3.8) is 0 Å². The second-order valence-electron chi connectivity index (χ2n) is 7.00. The molecular weight excluding hydrogens is 258 g/mol. The summed E-state index contributed by atoms with van der Waals surface area (Å²) in [6, 6.07) is 10.6. The van der Waals surface area contributed by atoms with Crippen LogP contribution in [0, 0.1) is 0 Å². The monoisotopic (exact) mass is 287 g/mol. The van der Waals surface area contributed by atoms with Crippen LogP contribution in [0.4, 0.5) is 0 Å². The standard InChI is InChI=1S/C18H29N3/c1-13-11-21(12-14(2)20(13)3)17-10-6-8-15-7-4-5-9-16(15)18(17)19/h4-5,7,9,13-14,17-18H,6,8,10-12,19H2,1-3H3. The molecule has 0 amide bonds. The van der Waals surface area contributed by atoms with Crippen LogP contribution >= 0.6 is 0 Å². The van der Waals surface area contributed by atoms with Crippen molar-refractivity contribution < 1.29 is 0 Å². The van der Waals surface area contributed by atoms with Crippen LogP contribution in [0.2, 0.25) is 0 Å². The van der Waals surface area contributed by atoms with Crippen molar-refractivity contribution in [2.75, 3.05) is 20.1 Å². The zero-order chi connectivity index (χ0) is 15.0. The number of benzene rings is 1. The van der Waals surface area contributed by atoms with Gasteiger partial charge in [0.15, 0.2) is 0 Å². The van der Waals surface area contributed by atoms with Gasteiger partial charge in [-0.25, -0.2) is 0 Å². The number of nitrogens with zero attached hydrogens (tertiary/aromatic N) is 2. The van der Waals surface area contributed by atoms with Gasteiger partial charge >= 0.3 is 0 Å². The van der Waals surface area contributed by atoms with E-state index in [4.69, 9.17) is 5.73 Å². The molecule has 3 nitrogen and oxygen atoms in total. The number of hydrogen-bond acceptors (Lipinski definition) is 3. The summed E-state index contributed by atoms with van der Waals surface area (Å²) in [4.78, 5) is 5.15. The Labute approximate surface area is 129 Å². The second-order valence-corrected chi connectivity index (χ2v) is 7.00. The topological polar surface area (TPSA) is 32.5 Å². The summed E-state index contributed by atoms with van der Waals surface area (Å²) in [5.74, 6) is 0. The molecule has 1 aliphatic heterocycles. The van der Waals surface area contributed by atoms with E-state index in [9.17, 15) is 0 Å². The molecule has 0 aromatic heterocycles. The first-order chi connectivity index (χ1) is 10.1. The number of nitrogens with two attached hydrogens (primary N) is 1. The van der Waals surface area contributed by atoms with Gasteiger partial charge in [0.2, 0.25) is 0 Å². The van der Waals surface area contributed by atoms with E-state index in [2.05, 4.69) is 55.0 Å². The highest BCUT2D eigenvalue weighted by atomic mass is 15.3. The molecule has 0 spiro atoms. The Hall–Kier alpha value is -0.900. The Morgan fingerprint density at radius 2 is 1.76 bits per heavy atom. The first kappa shape index (κ1) is 15.0. The fourth-order valence-electron chi connectivity index (χ4n) is 4.10. The highest BCUT2D eigenvalue weighted by Gasteiger charge is 2.35.